The Balaban J connectivity index is 2.77. The van der Waals surface area contributed by atoms with E-state index in [0.29, 0.717) is 19.4 Å². The summed E-state index contributed by atoms with van der Waals surface area (Å²) >= 11 is 0. The molecule has 14 heavy (non-hydrogen) atoms. The van der Waals surface area contributed by atoms with Gasteiger partial charge in [0.2, 0.25) is 0 Å². The Hall–Kier alpha value is -1.13. The first kappa shape index (κ1) is 10.9. The van der Waals surface area contributed by atoms with Crippen LogP contribution >= 0.6 is 0 Å². The van der Waals surface area contributed by atoms with Crippen molar-refractivity contribution in [3.8, 4) is 0 Å². The Bertz CT molecular complexity index is 259. The van der Waals surface area contributed by atoms with Gasteiger partial charge in [-0.2, -0.15) is 0 Å². The molecule has 0 aromatic carbocycles. The fraction of sp³-hybridized carbons (Fsp3) is 0.778. The zero-order chi connectivity index (χ0) is 10.9. The van der Waals surface area contributed by atoms with Crippen molar-refractivity contribution < 1.29 is 19.1 Å². The summed E-state index contributed by atoms with van der Waals surface area (Å²) in [4.78, 5) is 23.3. The van der Waals surface area contributed by atoms with Gasteiger partial charge in [0.15, 0.2) is 5.67 Å². The molecular formula is C9H14FNO3. The van der Waals surface area contributed by atoms with E-state index in [9.17, 15) is 14.0 Å². The summed E-state index contributed by atoms with van der Waals surface area (Å²) in [5.41, 5.74) is -1.99. The molecule has 1 aliphatic heterocycles. The maximum atomic E-state index is 13.3. The lowest BCUT2D eigenvalue weighted by Crippen LogP contribution is -2.47. The third kappa shape index (κ3) is 2.02. The van der Waals surface area contributed by atoms with Gasteiger partial charge in [0.05, 0.1) is 0 Å². The van der Waals surface area contributed by atoms with Crippen LogP contribution in [-0.4, -0.2) is 40.1 Å². The molecule has 1 fully saturated rings. The van der Waals surface area contributed by atoms with Crippen LogP contribution in [0.4, 0.5) is 4.39 Å². The van der Waals surface area contributed by atoms with Crippen LogP contribution in [0.5, 0.6) is 0 Å². The third-order valence-electron chi connectivity index (χ3n) is 2.31. The maximum absolute atomic E-state index is 13.3. The highest BCUT2D eigenvalue weighted by molar-refractivity contribution is 5.89. The molecule has 0 aromatic rings. The van der Waals surface area contributed by atoms with Gasteiger partial charge in [-0.1, -0.05) is 0 Å². The van der Waals surface area contributed by atoms with Crippen molar-refractivity contribution in [1.82, 2.24) is 4.90 Å². The van der Waals surface area contributed by atoms with Crippen LogP contribution in [0.3, 0.4) is 0 Å². The molecule has 0 radical (unpaired) electrons. The number of hydrogen-bond acceptors (Lipinski definition) is 2. The number of aliphatic carboxylic acids is 1. The molecule has 0 saturated carbocycles. The Kier molecular flexibility index (Phi) is 2.78. The zero-order valence-corrected chi connectivity index (χ0v) is 8.29. The summed E-state index contributed by atoms with van der Waals surface area (Å²) in [6, 6.07) is -0.850. The standard InChI is InChI=1S/C9H14FNO3/c1-9(2,10)8(14)11-5-3-4-6(11)7(12)13/h6H,3-5H2,1-2H3,(H,12,13). The smallest absolute Gasteiger partial charge is 0.326 e. The zero-order valence-electron chi connectivity index (χ0n) is 8.29. The molecule has 5 heteroatoms. The Morgan fingerprint density at radius 2 is 2.07 bits per heavy atom. The molecule has 0 aromatic heterocycles. The van der Waals surface area contributed by atoms with E-state index >= 15 is 0 Å². The van der Waals surface area contributed by atoms with Gasteiger partial charge in [0.1, 0.15) is 6.04 Å². The molecule has 1 saturated heterocycles. The number of halogens is 1. The van der Waals surface area contributed by atoms with Crippen molar-refractivity contribution >= 4 is 11.9 Å². The average molecular weight is 203 g/mol. The molecular weight excluding hydrogens is 189 g/mol. The number of carboxylic acid groups (broad SMARTS) is 1. The molecule has 0 spiro atoms. The fourth-order valence-corrected chi connectivity index (χ4v) is 1.61. The average Bonchev–Trinajstić information content (AvgIpc) is 2.48. The van der Waals surface area contributed by atoms with Gasteiger partial charge in [-0.15, -0.1) is 0 Å². The predicted octanol–water partition coefficient (Wildman–Crippen LogP) is 0.810. The van der Waals surface area contributed by atoms with Crippen LogP contribution in [0.25, 0.3) is 0 Å². The van der Waals surface area contributed by atoms with Crippen LogP contribution < -0.4 is 0 Å². The van der Waals surface area contributed by atoms with Crippen LogP contribution in [0.1, 0.15) is 26.7 Å². The van der Waals surface area contributed by atoms with Crippen molar-refractivity contribution in [1.29, 1.82) is 0 Å². The molecule has 1 N–H and O–H groups in total. The molecule has 1 rings (SSSR count). The molecule has 1 heterocycles. The van der Waals surface area contributed by atoms with E-state index in [1.54, 1.807) is 0 Å². The van der Waals surface area contributed by atoms with Gasteiger partial charge in [-0.3, -0.25) is 4.79 Å². The molecule has 1 atom stereocenters. The Morgan fingerprint density at radius 1 is 1.50 bits per heavy atom. The van der Waals surface area contributed by atoms with E-state index in [1.807, 2.05) is 0 Å². The second-order valence-electron chi connectivity index (χ2n) is 3.97. The minimum atomic E-state index is -1.99. The van der Waals surface area contributed by atoms with Gasteiger partial charge in [0.25, 0.3) is 5.91 Å². The quantitative estimate of drug-likeness (QED) is 0.722. The van der Waals surface area contributed by atoms with Gasteiger partial charge in [-0.25, -0.2) is 9.18 Å². The van der Waals surface area contributed by atoms with Crippen LogP contribution in [0.2, 0.25) is 0 Å². The maximum Gasteiger partial charge on any atom is 0.326 e. The van der Waals surface area contributed by atoms with Crippen molar-refractivity contribution in [2.24, 2.45) is 0 Å². The topological polar surface area (TPSA) is 57.6 Å². The van der Waals surface area contributed by atoms with Crippen LogP contribution in [-0.2, 0) is 9.59 Å². The highest BCUT2D eigenvalue weighted by atomic mass is 19.1. The summed E-state index contributed by atoms with van der Waals surface area (Å²) in [5, 5.41) is 8.78. The van der Waals surface area contributed by atoms with Gasteiger partial charge >= 0.3 is 5.97 Å². The van der Waals surface area contributed by atoms with Crippen molar-refractivity contribution in [2.75, 3.05) is 6.54 Å². The molecule has 1 amide bonds. The molecule has 1 unspecified atom stereocenters. The first-order valence-corrected chi connectivity index (χ1v) is 4.57. The number of likely N-dealkylation sites (tertiary alicyclic amines) is 1. The number of carbonyl (C=O) groups excluding carboxylic acids is 1. The lowest BCUT2D eigenvalue weighted by Gasteiger charge is -2.26. The van der Waals surface area contributed by atoms with E-state index in [1.165, 1.54) is 0 Å². The van der Waals surface area contributed by atoms with E-state index in [4.69, 9.17) is 5.11 Å². The lowest BCUT2D eigenvalue weighted by atomic mass is 10.1. The fourth-order valence-electron chi connectivity index (χ4n) is 1.61. The molecule has 80 valence electrons. The Labute approximate surface area is 81.7 Å². The predicted molar refractivity (Wildman–Crippen MR) is 47.6 cm³/mol. The number of amides is 1. The second kappa shape index (κ2) is 3.55. The van der Waals surface area contributed by atoms with E-state index in [2.05, 4.69) is 0 Å². The first-order valence-electron chi connectivity index (χ1n) is 4.57. The number of nitrogens with zero attached hydrogens (tertiary/aromatic N) is 1. The van der Waals surface area contributed by atoms with Crippen molar-refractivity contribution in [3.63, 3.8) is 0 Å². The van der Waals surface area contributed by atoms with Gasteiger partial charge in [-0.05, 0) is 26.7 Å². The minimum absolute atomic E-state index is 0.336. The van der Waals surface area contributed by atoms with Gasteiger partial charge < -0.3 is 10.0 Å². The second-order valence-corrected chi connectivity index (χ2v) is 3.97. The normalized spacial score (nSPS) is 22.5. The molecule has 0 bridgehead atoms. The van der Waals surface area contributed by atoms with Crippen molar-refractivity contribution in [2.45, 2.75) is 38.4 Å². The Morgan fingerprint density at radius 3 is 2.50 bits per heavy atom. The summed E-state index contributed by atoms with van der Waals surface area (Å²) in [6.07, 6.45) is 1.04. The molecule has 4 nitrogen and oxygen atoms in total. The SMILES string of the molecule is CC(C)(F)C(=O)N1CCCC1C(=O)O. The number of alkyl halides is 1. The van der Waals surface area contributed by atoms with E-state index in [0.717, 1.165) is 18.7 Å². The van der Waals surface area contributed by atoms with Crippen LogP contribution in [0.15, 0.2) is 0 Å². The monoisotopic (exact) mass is 203 g/mol. The van der Waals surface area contributed by atoms with E-state index in [-0.39, 0.29) is 0 Å². The first-order chi connectivity index (χ1) is 6.34. The summed E-state index contributed by atoms with van der Waals surface area (Å²) in [6.45, 7) is 2.63. The van der Waals surface area contributed by atoms with Crippen molar-refractivity contribution in [3.05, 3.63) is 0 Å². The number of hydrogen-bond donors (Lipinski definition) is 1. The summed E-state index contributed by atoms with van der Waals surface area (Å²) in [7, 11) is 0. The number of rotatable bonds is 2. The summed E-state index contributed by atoms with van der Waals surface area (Å²) < 4.78 is 13.3. The highest BCUT2D eigenvalue weighted by Gasteiger charge is 2.40. The molecule has 1 aliphatic rings. The van der Waals surface area contributed by atoms with E-state index < -0.39 is 23.6 Å². The molecule has 0 aliphatic carbocycles. The van der Waals surface area contributed by atoms with Crippen LogP contribution in [0, 0.1) is 0 Å². The lowest BCUT2D eigenvalue weighted by molar-refractivity contribution is -0.152. The van der Waals surface area contributed by atoms with Gasteiger partial charge in [0, 0.05) is 6.54 Å². The third-order valence-corrected chi connectivity index (χ3v) is 2.31. The highest BCUT2D eigenvalue weighted by Crippen LogP contribution is 2.23. The number of carbonyl (C=O) groups is 2. The largest absolute Gasteiger partial charge is 0.480 e. The summed E-state index contributed by atoms with van der Waals surface area (Å²) in [5.74, 6) is -1.79. The minimum Gasteiger partial charge on any atom is -0.480 e. The number of carboxylic acids is 1.